The molecule has 0 saturated heterocycles. The van der Waals surface area contributed by atoms with Crippen LogP contribution in [0.5, 0.6) is 0 Å². The van der Waals surface area contributed by atoms with Crippen molar-refractivity contribution in [2.45, 2.75) is 45.7 Å². The van der Waals surface area contributed by atoms with Gasteiger partial charge in [0.1, 0.15) is 6.04 Å². The molecule has 8 nitrogen and oxygen atoms in total. The molecule has 0 aliphatic carbocycles. The van der Waals surface area contributed by atoms with Gasteiger partial charge in [-0.15, -0.1) is 0 Å². The third-order valence-electron chi connectivity index (χ3n) is 4.87. The molecule has 0 aliphatic rings. The fraction of sp³-hybridized carbons (Fsp3) is 0.381. The summed E-state index contributed by atoms with van der Waals surface area (Å²) in [6.07, 6.45) is 2.09. The number of nitrogens with one attached hydrogen (secondary N) is 1. The Bertz CT molecular complexity index is 1010. The molecule has 1 N–H and O–H groups in total. The highest BCUT2D eigenvalue weighted by molar-refractivity contribution is 7.92. The normalized spacial score (nSPS) is 13.3. The van der Waals surface area contributed by atoms with Gasteiger partial charge in [-0.05, 0) is 37.0 Å². The number of carbonyl (C=O) groups excluding carboxylic acids is 1. The number of rotatable bonds is 9. The topological polar surface area (TPSA) is 110 Å². The van der Waals surface area contributed by atoms with E-state index in [9.17, 15) is 23.3 Å². The largest absolute Gasteiger partial charge is 0.348 e. The Labute approximate surface area is 177 Å². The maximum atomic E-state index is 13.0. The molecule has 0 spiro atoms. The van der Waals surface area contributed by atoms with Gasteiger partial charge in [0.15, 0.2) is 0 Å². The molecule has 2 aromatic rings. The van der Waals surface area contributed by atoms with Gasteiger partial charge in [-0.1, -0.05) is 44.2 Å². The van der Waals surface area contributed by atoms with E-state index in [-0.39, 0.29) is 23.8 Å². The van der Waals surface area contributed by atoms with Crippen molar-refractivity contribution in [3.8, 4) is 0 Å². The van der Waals surface area contributed by atoms with Gasteiger partial charge in [-0.25, -0.2) is 8.42 Å². The zero-order valence-electron chi connectivity index (χ0n) is 17.5. The Balaban J connectivity index is 2.33. The predicted octanol–water partition coefficient (Wildman–Crippen LogP) is 3.58. The molecule has 1 amide bonds. The van der Waals surface area contributed by atoms with Gasteiger partial charge in [0.2, 0.25) is 15.9 Å². The van der Waals surface area contributed by atoms with Crippen LogP contribution in [0.1, 0.15) is 44.4 Å². The van der Waals surface area contributed by atoms with E-state index < -0.39 is 26.9 Å². The summed E-state index contributed by atoms with van der Waals surface area (Å²) in [6, 6.07) is 11.7. The number of carbonyl (C=O) groups is 1. The second kappa shape index (κ2) is 9.71. The lowest BCUT2D eigenvalue weighted by Crippen LogP contribution is -2.49. The van der Waals surface area contributed by atoms with E-state index in [2.05, 4.69) is 12.2 Å². The third kappa shape index (κ3) is 5.56. The van der Waals surface area contributed by atoms with Gasteiger partial charge in [0.05, 0.1) is 22.9 Å². The summed E-state index contributed by atoms with van der Waals surface area (Å²) in [4.78, 5) is 23.5. The molecule has 2 atom stereocenters. The molecule has 2 rings (SSSR count). The van der Waals surface area contributed by atoms with Crippen LogP contribution in [0.4, 0.5) is 11.4 Å². The van der Waals surface area contributed by atoms with Crippen molar-refractivity contribution >= 4 is 27.3 Å². The van der Waals surface area contributed by atoms with Crippen LogP contribution in [0.25, 0.3) is 0 Å². The highest BCUT2D eigenvalue weighted by Gasteiger charge is 2.32. The number of hydrogen-bond donors (Lipinski definition) is 1. The molecule has 0 radical (unpaired) electrons. The van der Waals surface area contributed by atoms with Crippen molar-refractivity contribution in [1.29, 1.82) is 0 Å². The highest BCUT2D eigenvalue weighted by atomic mass is 32.2. The van der Waals surface area contributed by atoms with Crippen molar-refractivity contribution in [1.82, 2.24) is 5.32 Å². The van der Waals surface area contributed by atoms with Gasteiger partial charge in [0, 0.05) is 12.1 Å². The molecule has 0 aromatic heterocycles. The number of nitro benzene ring substituents is 1. The van der Waals surface area contributed by atoms with Crippen LogP contribution in [0.3, 0.4) is 0 Å². The monoisotopic (exact) mass is 433 g/mol. The molecule has 9 heteroatoms. The lowest BCUT2D eigenvalue weighted by Gasteiger charge is -2.31. The molecular formula is C21H27N3O5S. The molecule has 0 aliphatic heterocycles. The van der Waals surface area contributed by atoms with E-state index >= 15 is 0 Å². The lowest BCUT2D eigenvalue weighted by molar-refractivity contribution is -0.384. The van der Waals surface area contributed by atoms with Crippen LogP contribution in [-0.4, -0.2) is 31.5 Å². The summed E-state index contributed by atoms with van der Waals surface area (Å²) in [5, 5.41) is 14.0. The second-order valence-corrected chi connectivity index (χ2v) is 8.94. The van der Waals surface area contributed by atoms with Gasteiger partial charge >= 0.3 is 0 Å². The molecule has 2 aromatic carbocycles. The molecule has 0 saturated carbocycles. The van der Waals surface area contributed by atoms with E-state index in [1.54, 1.807) is 6.92 Å². The van der Waals surface area contributed by atoms with Crippen molar-refractivity contribution in [3.63, 3.8) is 0 Å². The number of amides is 1. The minimum absolute atomic E-state index is 0.0775. The van der Waals surface area contributed by atoms with Gasteiger partial charge in [0.25, 0.3) is 5.69 Å². The van der Waals surface area contributed by atoms with Gasteiger partial charge < -0.3 is 5.32 Å². The van der Waals surface area contributed by atoms with Crippen LogP contribution in [0.15, 0.2) is 48.5 Å². The molecule has 162 valence electrons. The fourth-order valence-electron chi connectivity index (χ4n) is 3.24. The molecule has 0 heterocycles. The van der Waals surface area contributed by atoms with E-state index in [1.165, 1.54) is 23.8 Å². The maximum absolute atomic E-state index is 13.0. The summed E-state index contributed by atoms with van der Waals surface area (Å²) in [5.74, 6) is -0.471. The first kappa shape index (κ1) is 23.3. The predicted molar refractivity (Wildman–Crippen MR) is 117 cm³/mol. The fourth-order valence-corrected chi connectivity index (χ4v) is 4.44. The number of hydrogen-bond acceptors (Lipinski definition) is 5. The smallest absolute Gasteiger partial charge is 0.271 e. The zero-order valence-corrected chi connectivity index (χ0v) is 18.3. The number of sulfonamides is 1. The summed E-state index contributed by atoms with van der Waals surface area (Å²) >= 11 is 0. The summed E-state index contributed by atoms with van der Waals surface area (Å²) in [5.41, 5.74) is 1.91. The Hall–Kier alpha value is -2.94. The van der Waals surface area contributed by atoms with Crippen molar-refractivity contribution < 1.29 is 18.1 Å². The van der Waals surface area contributed by atoms with E-state index in [0.717, 1.165) is 28.6 Å². The highest BCUT2D eigenvalue weighted by Crippen LogP contribution is 2.27. The van der Waals surface area contributed by atoms with E-state index in [1.807, 2.05) is 31.2 Å². The van der Waals surface area contributed by atoms with Gasteiger partial charge in [-0.2, -0.15) is 0 Å². The minimum Gasteiger partial charge on any atom is -0.348 e. The average Bonchev–Trinajstić information content (AvgIpc) is 2.70. The van der Waals surface area contributed by atoms with Gasteiger partial charge in [-0.3, -0.25) is 19.2 Å². The average molecular weight is 434 g/mol. The lowest BCUT2D eigenvalue weighted by atomic mass is 10.0. The van der Waals surface area contributed by atoms with Crippen LogP contribution >= 0.6 is 0 Å². The number of benzene rings is 2. The molecule has 30 heavy (non-hydrogen) atoms. The van der Waals surface area contributed by atoms with Crippen molar-refractivity contribution in [2.24, 2.45) is 0 Å². The Morgan fingerprint density at radius 1 is 1.17 bits per heavy atom. The quantitative estimate of drug-likeness (QED) is 0.480. The maximum Gasteiger partial charge on any atom is 0.271 e. The first-order chi connectivity index (χ1) is 14.1. The standard InChI is InChI=1S/C21H27N3O5S/c1-5-16-10-12-17(13-11-16)15(3)22-21(25)20(6-2)23(30(4,28)29)18-8-7-9-19(14-18)24(26)27/h7-15,20H,5-6H2,1-4H3,(H,22,25)/t15-,20+/m1/s1. The SMILES string of the molecule is CCc1ccc([C@@H](C)NC(=O)[C@H](CC)N(c2cccc([N+](=O)[O-])c2)S(C)(=O)=O)cc1. The molecule has 0 fully saturated rings. The summed E-state index contributed by atoms with van der Waals surface area (Å²) in [7, 11) is -3.88. The minimum atomic E-state index is -3.88. The summed E-state index contributed by atoms with van der Waals surface area (Å²) in [6.45, 7) is 5.57. The van der Waals surface area contributed by atoms with E-state index in [4.69, 9.17) is 0 Å². The van der Waals surface area contributed by atoms with Crippen LogP contribution in [0, 0.1) is 10.1 Å². The van der Waals surface area contributed by atoms with E-state index in [0.29, 0.717) is 0 Å². The zero-order chi connectivity index (χ0) is 22.5. The Morgan fingerprint density at radius 3 is 2.30 bits per heavy atom. The van der Waals surface area contributed by atoms with Crippen molar-refractivity contribution in [2.75, 3.05) is 10.6 Å². The number of nitro groups is 1. The Morgan fingerprint density at radius 2 is 1.80 bits per heavy atom. The Kier molecular flexibility index (Phi) is 7.55. The second-order valence-electron chi connectivity index (χ2n) is 7.09. The summed E-state index contributed by atoms with van der Waals surface area (Å²) < 4.78 is 26.0. The number of non-ortho nitro benzene ring substituents is 1. The van der Waals surface area contributed by atoms with Crippen molar-refractivity contribution in [3.05, 3.63) is 69.8 Å². The molecule has 0 bridgehead atoms. The third-order valence-corrected chi connectivity index (χ3v) is 6.05. The van der Waals surface area contributed by atoms with Crippen LogP contribution < -0.4 is 9.62 Å². The molecule has 0 unspecified atom stereocenters. The first-order valence-electron chi connectivity index (χ1n) is 9.71. The first-order valence-corrected chi connectivity index (χ1v) is 11.6. The molecular weight excluding hydrogens is 406 g/mol. The van der Waals surface area contributed by atoms with Crippen LogP contribution in [-0.2, 0) is 21.2 Å². The van der Waals surface area contributed by atoms with Crippen LogP contribution in [0.2, 0.25) is 0 Å². The number of anilines is 1. The number of aryl methyl sites for hydroxylation is 1. The number of nitrogens with zero attached hydrogens (tertiary/aromatic N) is 2.